The fraction of sp³-hybridized carbons (Fsp3) is 0.483. The van der Waals surface area contributed by atoms with Crippen LogP contribution in [0.2, 0.25) is 0 Å². The van der Waals surface area contributed by atoms with Crippen molar-refractivity contribution in [2.75, 3.05) is 25.0 Å². The molecule has 0 radical (unpaired) electrons. The Bertz CT molecular complexity index is 1560. The van der Waals surface area contributed by atoms with Crippen molar-refractivity contribution >= 4 is 34.7 Å². The van der Waals surface area contributed by atoms with E-state index < -0.39 is 41.8 Å². The van der Waals surface area contributed by atoms with Crippen LogP contribution in [0, 0.1) is 17.6 Å². The Hall–Kier alpha value is -4.51. The van der Waals surface area contributed by atoms with Crippen LogP contribution in [0.25, 0.3) is 11.0 Å². The van der Waals surface area contributed by atoms with Gasteiger partial charge in [0, 0.05) is 37.3 Å². The Labute approximate surface area is 262 Å². The van der Waals surface area contributed by atoms with Crippen LogP contribution in [0.1, 0.15) is 67.5 Å². The average Bonchev–Trinajstić information content (AvgIpc) is 3.72. The molecule has 47 heavy (non-hydrogen) atoms. The number of aliphatic carboxylic acids is 2. The SMILES string of the molecule is CC(C)n1cnc2c(NCC3CC3)nc(C3CCN(C(=O)c4cccc(F)c4F)CC3)cc21.O=C(O)C(F)(F)F.O=C(O)C(F)(F)F. The fourth-order valence-electron chi connectivity index (χ4n) is 4.57. The number of nitrogens with one attached hydrogen (secondary N) is 1. The first-order chi connectivity index (χ1) is 21.8. The summed E-state index contributed by atoms with van der Waals surface area (Å²) in [5.41, 5.74) is 2.74. The molecule has 258 valence electrons. The second-order valence-corrected chi connectivity index (χ2v) is 11.1. The molecular weight excluding hydrogens is 650 g/mol. The highest BCUT2D eigenvalue weighted by Crippen LogP contribution is 2.34. The number of nitrogens with zero attached hydrogens (tertiary/aromatic N) is 4. The Balaban J connectivity index is 0.000000360. The molecule has 1 saturated heterocycles. The number of pyridine rings is 1. The number of imidazole rings is 1. The minimum absolute atomic E-state index is 0.188. The lowest BCUT2D eigenvalue weighted by Crippen LogP contribution is -2.38. The number of alkyl halides is 6. The number of likely N-dealkylation sites (tertiary alicyclic amines) is 1. The third-order valence-electron chi connectivity index (χ3n) is 7.26. The van der Waals surface area contributed by atoms with E-state index >= 15 is 0 Å². The molecule has 2 aromatic heterocycles. The van der Waals surface area contributed by atoms with E-state index in [2.05, 4.69) is 34.8 Å². The molecule has 3 N–H and O–H groups in total. The van der Waals surface area contributed by atoms with E-state index in [0.717, 1.165) is 53.9 Å². The number of carboxylic acids is 2. The lowest BCUT2D eigenvalue weighted by Gasteiger charge is -2.32. The number of rotatable bonds is 6. The predicted molar refractivity (Wildman–Crippen MR) is 151 cm³/mol. The third-order valence-corrected chi connectivity index (χ3v) is 7.26. The summed E-state index contributed by atoms with van der Waals surface area (Å²) >= 11 is 0. The van der Waals surface area contributed by atoms with Crippen LogP contribution in [-0.4, -0.2) is 79.5 Å². The number of carbonyl (C=O) groups is 3. The first-order valence-corrected chi connectivity index (χ1v) is 14.3. The van der Waals surface area contributed by atoms with E-state index in [1.165, 1.54) is 25.0 Å². The Morgan fingerprint density at radius 2 is 1.51 bits per heavy atom. The van der Waals surface area contributed by atoms with Gasteiger partial charge in [0.05, 0.1) is 17.4 Å². The molecule has 1 aliphatic heterocycles. The van der Waals surface area contributed by atoms with Gasteiger partial charge < -0.3 is 25.0 Å². The van der Waals surface area contributed by atoms with Crippen LogP contribution >= 0.6 is 0 Å². The van der Waals surface area contributed by atoms with Gasteiger partial charge in [0.1, 0.15) is 5.52 Å². The highest BCUT2D eigenvalue weighted by molar-refractivity contribution is 5.94. The van der Waals surface area contributed by atoms with Crippen LogP contribution in [-0.2, 0) is 9.59 Å². The molecule has 18 heteroatoms. The standard InChI is InChI=1S/C25H29F2N5O.2C2HF3O2/c1-15(2)32-14-29-23-21(32)12-20(30-24(23)28-13-16-6-7-16)17-8-10-31(11-9-17)25(33)18-4-3-5-19(26)22(18)27;2*3-2(4,5)1(6)7/h3-5,12,14-17H,6-11,13H2,1-2H3,(H,28,30);2*(H,6,7). The molecule has 3 aromatic rings. The van der Waals surface area contributed by atoms with Gasteiger partial charge in [0.15, 0.2) is 17.5 Å². The molecule has 0 bridgehead atoms. The molecule has 3 heterocycles. The maximum absolute atomic E-state index is 14.1. The Kier molecular flexibility index (Phi) is 11.7. The molecule has 5 rings (SSSR count). The summed E-state index contributed by atoms with van der Waals surface area (Å²) in [5, 5.41) is 17.8. The number of carbonyl (C=O) groups excluding carboxylic acids is 1. The number of hydrogen-bond acceptors (Lipinski definition) is 6. The Morgan fingerprint density at radius 3 is 2.00 bits per heavy atom. The van der Waals surface area contributed by atoms with Gasteiger partial charge in [-0.15, -0.1) is 0 Å². The molecule has 2 fully saturated rings. The second-order valence-electron chi connectivity index (χ2n) is 11.1. The van der Waals surface area contributed by atoms with Gasteiger partial charge in [-0.1, -0.05) is 6.07 Å². The van der Waals surface area contributed by atoms with E-state index in [1.807, 2.05) is 6.33 Å². The summed E-state index contributed by atoms with van der Waals surface area (Å²) < 4.78 is 93.3. The van der Waals surface area contributed by atoms with Crippen molar-refractivity contribution in [2.24, 2.45) is 5.92 Å². The number of benzene rings is 1. The van der Waals surface area contributed by atoms with Crippen molar-refractivity contribution in [3.8, 4) is 0 Å². The summed E-state index contributed by atoms with van der Waals surface area (Å²) in [6.07, 6.45) is -4.33. The van der Waals surface area contributed by atoms with Crippen molar-refractivity contribution in [1.29, 1.82) is 0 Å². The lowest BCUT2D eigenvalue weighted by molar-refractivity contribution is -0.193. The quantitative estimate of drug-likeness (QED) is 0.254. The van der Waals surface area contributed by atoms with Crippen molar-refractivity contribution in [2.45, 2.75) is 63.8 Å². The van der Waals surface area contributed by atoms with E-state index in [-0.39, 0.29) is 17.5 Å². The number of carboxylic acid groups (broad SMARTS) is 2. The minimum Gasteiger partial charge on any atom is -0.475 e. The molecule has 1 saturated carbocycles. The molecular formula is C29H31F8N5O5. The summed E-state index contributed by atoms with van der Waals surface area (Å²) in [5.74, 6) is -6.32. The number of anilines is 1. The number of fused-ring (bicyclic) bond motifs is 1. The van der Waals surface area contributed by atoms with Crippen molar-refractivity contribution in [3.05, 3.63) is 53.5 Å². The van der Waals surface area contributed by atoms with Crippen molar-refractivity contribution in [1.82, 2.24) is 19.4 Å². The van der Waals surface area contributed by atoms with Crippen LogP contribution in [0.3, 0.4) is 0 Å². The fourth-order valence-corrected chi connectivity index (χ4v) is 4.57. The topological polar surface area (TPSA) is 138 Å². The van der Waals surface area contributed by atoms with Crippen molar-refractivity contribution in [3.63, 3.8) is 0 Å². The van der Waals surface area contributed by atoms with Gasteiger partial charge in [0.25, 0.3) is 5.91 Å². The van der Waals surface area contributed by atoms with Crippen LogP contribution < -0.4 is 5.32 Å². The summed E-state index contributed by atoms with van der Waals surface area (Å²) in [6.45, 7) is 6.13. The maximum atomic E-state index is 14.1. The van der Waals surface area contributed by atoms with Crippen LogP contribution in [0.4, 0.5) is 40.9 Å². The van der Waals surface area contributed by atoms with Crippen LogP contribution in [0.15, 0.2) is 30.6 Å². The third kappa shape index (κ3) is 9.99. The van der Waals surface area contributed by atoms with Crippen molar-refractivity contribution < 1.29 is 59.7 Å². The monoisotopic (exact) mass is 681 g/mol. The summed E-state index contributed by atoms with van der Waals surface area (Å²) in [4.78, 5) is 41.7. The van der Waals surface area contributed by atoms with E-state index in [0.29, 0.717) is 13.1 Å². The van der Waals surface area contributed by atoms with Gasteiger partial charge in [-0.2, -0.15) is 26.3 Å². The highest BCUT2D eigenvalue weighted by atomic mass is 19.4. The average molecular weight is 682 g/mol. The summed E-state index contributed by atoms with van der Waals surface area (Å²) in [6, 6.07) is 6.14. The number of hydrogen-bond donors (Lipinski definition) is 3. The number of halogens is 8. The zero-order valence-corrected chi connectivity index (χ0v) is 25.0. The molecule has 1 amide bonds. The molecule has 0 spiro atoms. The molecule has 1 aromatic carbocycles. The molecule has 1 aliphatic carbocycles. The second kappa shape index (κ2) is 14.9. The van der Waals surface area contributed by atoms with Crippen LogP contribution in [0.5, 0.6) is 0 Å². The normalized spacial score (nSPS) is 15.4. The number of amides is 1. The lowest BCUT2D eigenvalue weighted by atomic mass is 9.92. The Morgan fingerprint density at radius 1 is 0.957 bits per heavy atom. The van der Waals surface area contributed by atoms with Gasteiger partial charge in [-0.25, -0.2) is 28.3 Å². The van der Waals surface area contributed by atoms with Gasteiger partial charge >= 0.3 is 24.3 Å². The van der Waals surface area contributed by atoms with Gasteiger partial charge in [0.2, 0.25) is 0 Å². The first kappa shape index (κ1) is 37.0. The maximum Gasteiger partial charge on any atom is 0.490 e. The molecule has 0 unspecified atom stereocenters. The molecule has 0 atom stereocenters. The smallest absolute Gasteiger partial charge is 0.475 e. The number of aromatic nitrogens is 3. The zero-order chi connectivity index (χ0) is 35.3. The largest absolute Gasteiger partial charge is 0.490 e. The molecule has 2 aliphatic rings. The minimum atomic E-state index is -5.08. The summed E-state index contributed by atoms with van der Waals surface area (Å²) in [7, 11) is 0. The molecule has 10 nitrogen and oxygen atoms in total. The van der Waals surface area contributed by atoms with E-state index in [1.54, 1.807) is 4.90 Å². The van der Waals surface area contributed by atoms with E-state index in [4.69, 9.17) is 24.8 Å². The first-order valence-electron chi connectivity index (χ1n) is 14.3. The van der Waals surface area contributed by atoms with Gasteiger partial charge in [-0.3, -0.25) is 4.79 Å². The zero-order valence-electron chi connectivity index (χ0n) is 25.0. The number of piperidine rings is 1. The predicted octanol–water partition coefficient (Wildman–Crippen LogP) is 6.40. The van der Waals surface area contributed by atoms with E-state index in [9.17, 15) is 39.9 Å². The van der Waals surface area contributed by atoms with Gasteiger partial charge in [-0.05, 0) is 63.6 Å². The highest BCUT2D eigenvalue weighted by Gasteiger charge is 2.39.